The average molecular weight is 290 g/mol. The van der Waals surface area contributed by atoms with Crippen molar-refractivity contribution in [3.8, 4) is 0 Å². The monoisotopic (exact) mass is 290 g/mol. The molecular weight excluding hydrogens is 279 g/mol. The van der Waals surface area contributed by atoms with Crippen molar-refractivity contribution in [3.05, 3.63) is 60.2 Å². The third kappa shape index (κ3) is 3.34. The van der Waals surface area contributed by atoms with Gasteiger partial charge in [-0.1, -0.05) is 12.1 Å². The number of halogens is 1. The van der Waals surface area contributed by atoms with Crippen molar-refractivity contribution < 1.29 is 9.18 Å². The summed E-state index contributed by atoms with van der Waals surface area (Å²) in [6, 6.07) is 10.5. The van der Waals surface area contributed by atoms with Crippen molar-refractivity contribution in [2.24, 2.45) is 5.84 Å². The average Bonchev–Trinajstić information content (AvgIpc) is 2.46. The van der Waals surface area contributed by atoms with Gasteiger partial charge in [-0.3, -0.25) is 9.78 Å². The molecule has 0 aliphatic heterocycles. The van der Waals surface area contributed by atoms with Crippen LogP contribution in [0.3, 0.4) is 0 Å². The summed E-state index contributed by atoms with van der Waals surface area (Å²) in [5, 5.41) is 3.38. The zero-order valence-electron chi connectivity index (χ0n) is 10.3. The van der Waals surface area contributed by atoms with Crippen molar-refractivity contribution in [2.75, 3.05) is 5.32 Å². The molecule has 0 aliphatic carbocycles. The normalized spacial score (nSPS) is 9.90. The van der Waals surface area contributed by atoms with Crippen LogP contribution in [0.25, 0.3) is 0 Å². The SMILES string of the molecule is NN(C(=O)c1ccccn1)C(=S)Nc1cccc(F)c1. The van der Waals surface area contributed by atoms with E-state index in [0.717, 1.165) is 5.01 Å². The van der Waals surface area contributed by atoms with Crippen molar-refractivity contribution >= 4 is 28.9 Å². The lowest BCUT2D eigenvalue weighted by molar-refractivity contribution is 0.0844. The number of hydrogen-bond acceptors (Lipinski definition) is 4. The molecule has 1 heterocycles. The third-order valence-electron chi connectivity index (χ3n) is 2.40. The van der Waals surface area contributed by atoms with Crippen LogP contribution in [0.1, 0.15) is 10.5 Å². The number of nitrogens with one attached hydrogen (secondary N) is 1. The number of amides is 1. The molecule has 5 nitrogen and oxygen atoms in total. The van der Waals surface area contributed by atoms with E-state index in [1.165, 1.54) is 30.5 Å². The van der Waals surface area contributed by atoms with Crippen LogP contribution in [0.4, 0.5) is 10.1 Å². The van der Waals surface area contributed by atoms with Crippen molar-refractivity contribution in [2.45, 2.75) is 0 Å². The van der Waals surface area contributed by atoms with Crippen LogP contribution in [-0.2, 0) is 0 Å². The molecule has 0 aliphatic rings. The number of thiocarbonyl (C=S) groups is 1. The molecule has 1 aromatic heterocycles. The van der Waals surface area contributed by atoms with E-state index in [9.17, 15) is 9.18 Å². The zero-order chi connectivity index (χ0) is 14.5. The molecule has 0 unspecified atom stereocenters. The third-order valence-corrected chi connectivity index (χ3v) is 2.70. The van der Waals surface area contributed by atoms with Crippen LogP contribution < -0.4 is 11.2 Å². The van der Waals surface area contributed by atoms with Crippen LogP contribution in [0.2, 0.25) is 0 Å². The van der Waals surface area contributed by atoms with E-state index >= 15 is 0 Å². The van der Waals surface area contributed by atoms with Gasteiger partial charge in [0, 0.05) is 11.9 Å². The molecule has 7 heteroatoms. The van der Waals surface area contributed by atoms with Gasteiger partial charge in [0.2, 0.25) is 0 Å². The molecular formula is C13H11FN4OS. The summed E-state index contributed by atoms with van der Waals surface area (Å²) in [4.78, 5) is 15.9. The van der Waals surface area contributed by atoms with E-state index in [4.69, 9.17) is 18.1 Å². The van der Waals surface area contributed by atoms with E-state index in [2.05, 4.69) is 10.3 Å². The maximum Gasteiger partial charge on any atom is 0.292 e. The molecule has 20 heavy (non-hydrogen) atoms. The number of carbonyl (C=O) groups is 1. The number of hydrogen-bond donors (Lipinski definition) is 2. The Morgan fingerprint density at radius 3 is 2.75 bits per heavy atom. The second-order valence-electron chi connectivity index (χ2n) is 3.83. The summed E-state index contributed by atoms with van der Waals surface area (Å²) >= 11 is 5.00. The van der Waals surface area contributed by atoms with Gasteiger partial charge in [0.05, 0.1) is 0 Å². The van der Waals surface area contributed by atoms with Crippen LogP contribution >= 0.6 is 12.2 Å². The molecule has 0 saturated carbocycles. The first-order valence-corrected chi connectivity index (χ1v) is 6.05. The van der Waals surface area contributed by atoms with Crippen LogP contribution in [-0.4, -0.2) is 21.0 Å². The van der Waals surface area contributed by atoms with E-state index in [1.54, 1.807) is 18.2 Å². The van der Waals surface area contributed by atoms with Gasteiger partial charge in [0.25, 0.3) is 5.91 Å². The quantitative estimate of drug-likeness (QED) is 0.383. The second-order valence-corrected chi connectivity index (χ2v) is 4.22. The first-order chi connectivity index (χ1) is 9.58. The van der Waals surface area contributed by atoms with Gasteiger partial charge in [-0.05, 0) is 42.5 Å². The summed E-state index contributed by atoms with van der Waals surface area (Å²) in [5.41, 5.74) is 0.567. The maximum atomic E-state index is 13.0. The number of nitrogens with two attached hydrogens (primary N) is 1. The molecule has 0 saturated heterocycles. The lowest BCUT2D eigenvalue weighted by Gasteiger charge is -2.18. The molecule has 0 bridgehead atoms. The Hall–Kier alpha value is -2.38. The number of anilines is 1. The zero-order valence-corrected chi connectivity index (χ0v) is 11.1. The highest BCUT2D eigenvalue weighted by atomic mass is 32.1. The summed E-state index contributed by atoms with van der Waals surface area (Å²) in [6.45, 7) is 0. The Balaban J connectivity index is 2.07. The van der Waals surface area contributed by atoms with Crippen LogP contribution in [0.5, 0.6) is 0 Å². The lowest BCUT2D eigenvalue weighted by atomic mass is 10.3. The number of pyridine rings is 1. The Bertz CT molecular complexity index is 635. The minimum absolute atomic E-state index is 0.0498. The van der Waals surface area contributed by atoms with E-state index < -0.39 is 11.7 Å². The summed E-state index contributed by atoms with van der Waals surface area (Å²) < 4.78 is 13.0. The van der Waals surface area contributed by atoms with Gasteiger partial charge < -0.3 is 5.32 Å². The predicted molar refractivity (Wildman–Crippen MR) is 77.2 cm³/mol. The number of aromatic nitrogens is 1. The smallest absolute Gasteiger partial charge is 0.292 e. The van der Waals surface area contributed by atoms with Crippen molar-refractivity contribution in [3.63, 3.8) is 0 Å². The predicted octanol–water partition coefficient (Wildman–Crippen LogP) is 1.93. The second kappa shape index (κ2) is 6.18. The lowest BCUT2D eigenvalue weighted by Crippen LogP contribution is -2.45. The topological polar surface area (TPSA) is 71.2 Å². The number of rotatable bonds is 2. The first kappa shape index (κ1) is 14.0. The van der Waals surface area contributed by atoms with Gasteiger partial charge in [-0.2, -0.15) is 0 Å². The van der Waals surface area contributed by atoms with E-state index in [0.29, 0.717) is 5.69 Å². The van der Waals surface area contributed by atoms with Gasteiger partial charge in [-0.15, -0.1) is 0 Å². The van der Waals surface area contributed by atoms with Crippen molar-refractivity contribution in [1.29, 1.82) is 0 Å². The van der Waals surface area contributed by atoms with E-state index in [-0.39, 0.29) is 10.8 Å². The molecule has 0 fully saturated rings. The first-order valence-electron chi connectivity index (χ1n) is 5.64. The molecule has 3 N–H and O–H groups in total. The fourth-order valence-corrected chi connectivity index (χ4v) is 1.66. The molecule has 0 radical (unpaired) electrons. The van der Waals surface area contributed by atoms with Gasteiger partial charge >= 0.3 is 0 Å². The summed E-state index contributed by atoms with van der Waals surface area (Å²) in [7, 11) is 0. The van der Waals surface area contributed by atoms with Crippen LogP contribution in [0, 0.1) is 5.82 Å². The highest BCUT2D eigenvalue weighted by molar-refractivity contribution is 7.80. The Morgan fingerprint density at radius 2 is 2.10 bits per heavy atom. The molecule has 0 atom stereocenters. The minimum atomic E-state index is -0.556. The Kier molecular flexibility index (Phi) is 4.34. The minimum Gasteiger partial charge on any atom is -0.331 e. The van der Waals surface area contributed by atoms with Gasteiger partial charge in [0.15, 0.2) is 5.11 Å². The standard InChI is InChI=1S/C13H11FN4OS/c14-9-4-3-5-10(8-9)17-13(20)18(15)12(19)11-6-1-2-7-16-11/h1-8H,15H2,(H,17,20). The summed E-state index contributed by atoms with van der Waals surface area (Å²) in [6.07, 6.45) is 1.48. The van der Waals surface area contributed by atoms with Crippen LogP contribution in [0.15, 0.2) is 48.7 Å². The molecule has 102 valence electrons. The Labute approximate surface area is 120 Å². The molecule has 2 aromatic rings. The number of carbonyl (C=O) groups excluding carboxylic acids is 1. The van der Waals surface area contributed by atoms with Gasteiger partial charge in [0.1, 0.15) is 11.5 Å². The fraction of sp³-hybridized carbons (Fsp3) is 0. The molecule has 1 amide bonds. The largest absolute Gasteiger partial charge is 0.331 e. The highest BCUT2D eigenvalue weighted by Gasteiger charge is 2.17. The number of benzene rings is 1. The maximum absolute atomic E-state index is 13.0. The molecule has 2 rings (SSSR count). The fourth-order valence-electron chi connectivity index (χ4n) is 1.45. The number of nitrogens with zero attached hydrogens (tertiary/aromatic N) is 2. The van der Waals surface area contributed by atoms with Gasteiger partial charge in [-0.25, -0.2) is 15.2 Å². The number of hydrazine groups is 1. The molecule has 0 spiro atoms. The van der Waals surface area contributed by atoms with E-state index in [1.807, 2.05) is 0 Å². The molecule has 1 aromatic carbocycles. The summed E-state index contributed by atoms with van der Waals surface area (Å²) in [5.74, 6) is 4.65. The van der Waals surface area contributed by atoms with Crippen molar-refractivity contribution in [1.82, 2.24) is 9.99 Å². The Morgan fingerprint density at radius 1 is 1.30 bits per heavy atom. The highest BCUT2D eigenvalue weighted by Crippen LogP contribution is 2.10.